The second-order valence-corrected chi connectivity index (χ2v) is 4.41. The Kier molecular flexibility index (Phi) is 3.55. The molecule has 1 heterocycles. The average Bonchev–Trinajstić information content (AvgIpc) is 2.95. The van der Waals surface area contributed by atoms with Crippen molar-refractivity contribution in [2.45, 2.75) is 0 Å². The van der Waals surface area contributed by atoms with Crippen LogP contribution in [-0.4, -0.2) is 30.1 Å². The van der Waals surface area contributed by atoms with Crippen molar-refractivity contribution in [3.8, 4) is 11.5 Å². The smallest absolute Gasteiger partial charge is 0.169 e. The van der Waals surface area contributed by atoms with Gasteiger partial charge in [-0.15, -0.1) is 0 Å². The number of ether oxygens (including phenoxy) is 2. The van der Waals surface area contributed by atoms with E-state index in [0.717, 1.165) is 16.6 Å². The van der Waals surface area contributed by atoms with E-state index in [4.69, 9.17) is 9.47 Å². The largest absolute Gasteiger partial charge is 0.493 e. The van der Waals surface area contributed by atoms with Crippen molar-refractivity contribution in [3.05, 3.63) is 54.4 Å². The molecule has 0 atom stereocenters. The van der Waals surface area contributed by atoms with E-state index >= 15 is 0 Å². The molecular weight excluding hydrogens is 266 g/mol. The summed E-state index contributed by atoms with van der Waals surface area (Å²) in [7, 11) is 3.23. The van der Waals surface area contributed by atoms with Gasteiger partial charge in [0.15, 0.2) is 11.5 Å². The lowest BCUT2D eigenvalue weighted by Gasteiger charge is -2.09. The Hall–Kier alpha value is -2.82. The van der Waals surface area contributed by atoms with Crippen molar-refractivity contribution in [1.82, 2.24) is 9.66 Å². The first-order valence-electron chi connectivity index (χ1n) is 6.51. The first-order valence-corrected chi connectivity index (χ1v) is 6.51. The fourth-order valence-electron chi connectivity index (χ4n) is 2.18. The van der Waals surface area contributed by atoms with E-state index < -0.39 is 0 Å². The van der Waals surface area contributed by atoms with Crippen LogP contribution in [0.3, 0.4) is 0 Å². The maximum Gasteiger partial charge on any atom is 0.169 e. The number of hydrogen-bond donors (Lipinski definition) is 0. The van der Waals surface area contributed by atoms with E-state index in [2.05, 4.69) is 10.1 Å². The van der Waals surface area contributed by atoms with Gasteiger partial charge in [-0.2, -0.15) is 5.10 Å². The molecule has 0 bridgehead atoms. The van der Waals surface area contributed by atoms with E-state index in [1.165, 1.54) is 0 Å². The third kappa shape index (κ3) is 2.45. The maximum atomic E-state index is 5.38. The maximum absolute atomic E-state index is 5.38. The summed E-state index contributed by atoms with van der Waals surface area (Å²) >= 11 is 0. The van der Waals surface area contributed by atoms with Gasteiger partial charge in [-0.3, -0.25) is 0 Å². The quantitative estimate of drug-likeness (QED) is 0.691. The van der Waals surface area contributed by atoms with Crippen molar-refractivity contribution in [1.29, 1.82) is 0 Å². The minimum Gasteiger partial charge on any atom is -0.493 e. The van der Waals surface area contributed by atoms with Gasteiger partial charge in [-0.1, -0.05) is 18.2 Å². The molecule has 0 aliphatic rings. The Morgan fingerprint density at radius 1 is 1.05 bits per heavy atom. The molecule has 2 aromatic carbocycles. The topological polar surface area (TPSA) is 48.6 Å². The first-order chi connectivity index (χ1) is 10.3. The number of hydrogen-bond acceptors (Lipinski definition) is 4. The van der Waals surface area contributed by atoms with E-state index in [1.54, 1.807) is 31.4 Å². The van der Waals surface area contributed by atoms with Crippen LogP contribution < -0.4 is 9.47 Å². The van der Waals surface area contributed by atoms with Gasteiger partial charge in [0.1, 0.15) is 6.33 Å². The van der Waals surface area contributed by atoms with E-state index in [0.29, 0.717) is 11.5 Å². The van der Waals surface area contributed by atoms with Crippen LogP contribution >= 0.6 is 0 Å². The molecule has 0 fully saturated rings. The number of aromatic nitrogens is 2. The fourth-order valence-corrected chi connectivity index (χ4v) is 2.18. The SMILES string of the molecule is COc1cccc(/C=N/n2cnc3ccccc32)c1OC. The highest BCUT2D eigenvalue weighted by molar-refractivity contribution is 5.85. The molecule has 0 N–H and O–H groups in total. The van der Waals surface area contributed by atoms with Crippen LogP contribution in [0, 0.1) is 0 Å². The highest BCUT2D eigenvalue weighted by atomic mass is 16.5. The zero-order valence-electron chi connectivity index (χ0n) is 11.9. The van der Waals surface area contributed by atoms with E-state index in [9.17, 15) is 0 Å². The van der Waals surface area contributed by atoms with Crippen LogP contribution in [0.1, 0.15) is 5.56 Å². The monoisotopic (exact) mass is 281 g/mol. The average molecular weight is 281 g/mol. The number of methoxy groups -OCH3 is 2. The van der Waals surface area contributed by atoms with Crippen LogP contribution in [-0.2, 0) is 0 Å². The van der Waals surface area contributed by atoms with Gasteiger partial charge in [0.25, 0.3) is 0 Å². The molecule has 0 unspecified atom stereocenters. The van der Waals surface area contributed by atoms with Crippen molar-refractivity contribution >= 4 is 17.2 Å². The van der Waals surface area contributed by atoms with Gasteiger partial charge in [-0.25, -0.2) is 9.66 Å². The second-order valence-electron chi connectivity index (χ2n) is 4.41. The molecule has 21 heavy (non-hydrogen) atoms. The molecule has 1 aromatic heterocycles. The minimum absolute atomic E-state index is 0.660. The zero-order valence-corrected chi connectivity index (χ0v) is 11.9. The van der Waals surface area contributed by atoms with Crippen LogP contribution in [0.4, 0.5) is 0 Å². The predicted molar refractivity (Wildman–Crippen MR) is 82.3 cm³/mol. The predicted octanol–water partition coefficient (Wildman–Crippen LogP) is 2.94. The van der Waals surface area contributed by atoms with Crippen LogP contribution in [0.2, 0.25) is 0 Å². The molecule has 5 heteroatoms. The Labute approximate surface area is 122 Å². The standard InChI is InChI=1S/C16H15N3O2/c1-20-15-9-5-6-12(16(15)21-2)10-18-19-11-17-13-7-3-4-8-14(13)19/h3-11H,1-2H3/b18-10+. The lowest BCUT2D eigenvalue weighted by molar-refractivity contribution is 0.354. The molecule has 0 aliphatic heterocycles. The van der Waals surface area contributed by atoms with Crippen molar-refractivity contribution < 1.29 is 9.47 Å². The molecule has 0 spiro atoms. The van der Waals surface area contributed by atoms with Crippen molar-refractivity contribution in [2.75, 3.05) is 14.2 Å². The number of rotatable bonds is 4. The highest BCUT2D eigenvalue weighted by Crippen LogP contribution is 2.29. The Balaban J connectivity index is 2.00. The minimum atomic E-state index is 0.660. The zero-order chi connectivity index (χ0) is 14.7. The first kappa shape index (κ1) is 13.2. The Morgan fingerprint density at radius 2 is 1.90 bits per heavy atom. The number of fused-ring (bicyclic) bond motifs is 1. The fraction of sp³-hybridized carbons (Fsp3) is 0.125. The third-order valence-corrected chi connectivity index (χ3v) is 3.19. The molecule has 0 aliphatic carbocycles. The summed E-state index contributed by atoms with van der Waals surface area (Å²) in [5, 5.41) is 4.44. The molecule has 0 amide bonds. The van der Waals surface area contributed by atoms with Gasteiger partial charge >= 0.3 is 0 Å². The molecule has 0 saturated heterocycles. The molecule has 0 saturated carbocycles. The number of para-hydroxylation sites is 3. The molecule has 3 aromatic rings. The molecule has 106 valence electrons. The van der Waals surface area contributed by atoms with Gasteiger partial charge < -0.3 is 9.47 Å². The number of benzene rings is 2. The number of nitrogens with zero attached hydrogens (tertiary/aromatic N) is 3. The highest BCUT2D eigenvalue weighted by Gasteiger charge is 2.07. The van der Waals surface area contributed by atoms with Gasteiger partial charge in [0, 0.05) is 5.56 Å². The summed E-state index contributed by atoms with van der Waals surface area (Å²) < 4.78 is 12.4. The molecule has 5 nitrogen and oxygen atoms in total. The third-order valence-electron chi connectivity index (χ3n) is 3.19. The van der Waals surface area contributed by atoms with Crippen LogP contribution in [0.5, 0.6) is 11.5 Å². The normalized spacial score (nSPS) is 11.1. The molecule has 0 radical (unpaired) electrons. The summed E-state index contributed by atoms with van der Waals surface area (Å²) in [4.78, 5) is 4.30. The van der Waals surface area contributed by atoms with Crippen molar-refractivity contribution in [3.63, 3.8) is 0 Å². The Morgan fingerprint density at radius 3 is 2.71 bits per heavy atom. The van der Waals surface area contributed by atoms with Gasteiger partial charge in [0.2, 0.25) is 0 Å². The number of imidazole rings is 1. The lowest BCUT2D eigenvalue weighted by atomic mass is 10.2. The second kappa shape index (κ2) is 5.66. The lowest BCUT2D eigenvalue weighted by Crippen LogP contribution is -1.96. The summed E-state index contributed by atoms with van der Waals surface area (Å²) in [6.07, 6.45) is 3.42. The van der Waals surface area contributed by atoms with E-state index in [-0.39, 0.29) is 0 Å². The summed E-state index contributed by atoms with van der Waals surface area (Å²) in [6, 6.07) is 13.5. The summed E-state index contributed by atoms with van der Waals surface area (Å²) in [6.45, 7) is 0. The van der Waals surface area contributed by atoms with Crippen LogP contribution in [0.15, 0.2) is 53.9 Å². The summed E-state index contributed by atoms with van der Waals surface area (Å²) in [5.74, 6) is 1.34. The van der Waals surface area contributed by atoms with Gasteiger partial charge in [-0.05, 0) is 24.3 Å². The van der Waals surface area contributed by atoms with Gasteiger partial charge in [0.05, 0.1) is 31.5 Å². The van der Waals surface area contributed by atoms with E-state index in [1.807, 2.05) is 42.5 Å². The molecular formula is C16H15N3O2. The Bertz CT molecular complexity index is 793. The van der Waals surface area contributed by atoms with Crippen molar-refractivity contribution in [2.24, 2.45) is 5.10 Å². The van der Waals surface area contributed by atoms with Crippen LogP contribution in [0.25, 0.3) is 11.0 Å². The summed E-state index contributed by atoms with van der Waals surface area (Å²) in [5.41, 5.74) is 2.71. The molecule has 3 rings (SSSR count).